The van der Waals surface area contributed by atoms with Gasteiger partial charge in [0.1, 0.15) is 17.1 Å². The molecule has 0 saturated carbocycles. The minimum absolute atomic E-state index is 0.801. The Balaban J connectivity index is 0.976. The van der Waals surface area contributed by atoms with Gasteiger partial charge in [0.15, 0.2) is 5.58 Å². The van der Waals surface area contributed by atoms with Gasteiger partial charge in [0.2, 0.25) is 0 Å². The SMILES string of the molecule is c1ccc(-c2ccccc2N(c2ccccc2)c2ccc3cc4c5c(cccc5c3c2)Oc2cc(N(c3ccccc3-c3ccccc3)c3cccc5c3oc3ccccc35)ccc2-4)cc1. The summed E-state index contributed by atoms with van der Waals surface area (Å²) in [5.74, 6) is 1.64. The van der Waals surface area contributed by atoms with E-state index in [1.165, 1.54) is 11.1 Å². The molecule has 0 unspecified atom stereocenters. The largest absolute Gasteiger partial charge is 0.456 e. The molecule has 0 radical (unpaired) electrons. The molecular formula is C62H40N2O2. The minimum Gasteiger partial charge on any atom is -0.456 e. The van der Waals surface area contributed by atoms with E-state index in [1.807, 2.05) is 12.1 Å². The highest BCUT2D eigenvalue weighted by atomic mass is 16.5. The summed E-state index contributed by atoms with van der Waals surface area (Å²) in [5, 5.41) is 6.75. The Morgan fingerprint density at radius 2 is 0.879 bits per heavy atom. The van der Waals surface area contributed by atoms with Crippen molar-refractivity contribution in [3.05, 3.63) is 243 Å². The van der Waals surface area contributed by atoms with Gasteiger partial charge in [-0.25, -0.2) is 0 Å². The van der Waals surface area contributed by atoms with Crippen LogP contribution in [0.15, 0.2) is 247 Å². The quantitative estimate of drug-likeness (QED) is 0.143. The third kappa shape index (κ3) is 6.15. The average molecular weight is 845 g/mol. The number of hydrogen-bond acceptors (Lipinski definition) is 4. The lowest BCUT2D eigenvalue weighted by atomic mass is 9.90. The van der Waals surface area contributed by atoms with Crippen LogP contribution < -0.4 is 14.5 Å². The monoisotopic (exact) mass is 844 g/mol. The number of hydrogen-bond donors (Lipinski definition) is 0. The van der Waals surface area contributed by atoms with Gasteiger partial charge in [0.05, 0.1) is 22.7 Å². The molecule has 66 heavy (non-hydrogen) atoms. The third-order valence-electron chi connectivity index (χ3n) is 13.0. The van der Waals surface area contributed by atoms with Crippen LogP contribution in [-0.4, -0.2) is 0 Å². The van der Waals surface area contributed by atoms with Crippen LogP contribution in [0.3, 0.4) is 0 Å². The van der Waals surface area contributed by atoms with Crippen LogP contribution in [0.25, 0.3) is 76.9 Å². The summed E-state index contributed by atoms with van der Waals surface area (Å²) in [6.07, 6.45) is 0. The van der Waals surface area contributed by atoms with E-state index in [2.05, 4.69) is 240 Å². The van der Waals surface area contributed by atoms with E-state index in [0.717, 1.165) is 111 Å². The molecule has 11 aromatic carbocycles. The normalized spacial score (nSPS) is 11.8. The van der Waals surface area contributed by atoms with Gasteiger partial charge in [-0.3, -0.25) is 0 Å². The number of fused-ring (bicyclic) bond motifs is 7. The molecule has 0 aliphatic carbocycles. The van der Waals surface area contributed by atoms with E-state index < -0.39 is 0 Å². The van der Waals surface area contributed by atoms with E-state index in [-0.39, 0.29) is 0 Å². The summed E-state index contributed by atoms with van der Waals surface area (Å²) >= 11 is 0. The lowest BCUT2D eigenvalue weighted by Crippen LogP contribution is -2.12. The summed E-state index contributed by atoms with van der Waals surface area (Å²) in [6.45, 7) is 0. The topological polar surface area (TPSA) is 28.9 Å². The second kappa shape index (κ2) is 15.4. The molecule has 2 heterocycles. The first-order valence-corrected chi connectivity index (χ1v) is 22.4. The molecule has 4 heteroatoms. The molecule has 0 N–H and O–H groups in total. The fourth-order valence-corrected chi connectivity index (χ4v) is 10.1. The van der Waals surface area contributed by atoms with Crippen molar-refractivity contribution in [3.8, 4) is 44.9 Å². The van der Waals surface area contributed by atoms with Gasteiger partial charge in [0.25, 0.3) is 0 Å². The zero-order chi connectivity index (χ0) is 43.6. The first-order chi connectivity index (χ1) is 32.7. The number of nitrogens with zero attached hydrogens (tertiary/aromatic N) is 2. The molecule has 0 fully saturated rings. The summed E-state index contributed by atoms with van der Waals surface area (Å²) < 4.78 is 13.7. The molecule has 0 bridgehead atoms. The molecule has 0 atom stereocenters. The highest BCUT2D eigenvalue weighted by molar-refractivity contribution is 6.18. The fourth-order valence-electron chi connectivity index (χ4n) is 10.1. The second-order valence-electron chi connectivity index (χ2n) is 16.8. The highest BCUT2D eigenvalue weighted by Gasteiger charge is 2.27. The van der Waals surface area contributed by atoms with Crippen LogP contribution in [0, 0.1) is 0 Å². The summed E-state index contributed by atoms with van der Waals surface area (Å²) in [7, 11) is 0. The molecule has 0 spiro atoms. The number of para-hydroxylation sites is 5. The van der Waals surface area contributed by atoms with Crippen molar-refractivity contribution in [2.24, 2.45) is 0 Å². The molecule has 1 aromatic heterocycles. The Morgan fingerprint density at radius 3 is 1.64 bits per heavy atom. The molecule has 12 aromatic rings. The number of anilines is 6. The zero-order valence-electron chi connectivity index (χ0n) is 35.8. The minimum atomic E-state index is 0.801. The van der Waals surface area contributed by atoms with Gasteiger partial charge < -0.3 is 19.0 Å². The van der Waals surface area contributed by atoms with Crippen molar-refractivity contribution in [2.75, 3.05) is 9.80 Å². The van der Waals surface area contributed by atoms with Gasteiger partial charge in [0, 0.05) is 50.3 Å². The van der Waals surface area contributed by atoms with Crippen molar-refractivity contribution >= 4 is 77.6 Å². The van der Waals surface area contributed by atoms with E-state index in [1.54, 1.807) is 0 Å². The number of benzene rings is 11. The zero-order valence-corrected chi connectivity index (χ0v) is 35.8. The van der Waals surface area contributed by atoms with Crippen LogP contribution in [0.1, 0.15) is 0 Å². The Morgan fingerprint density at radius 1 is 0.303 bits per heavy atom. The maximum absolute atomic E-state index is 7.03. The molecule has 310 valence electrons. The number of ether oxygens (including phenoxy) is 1. The number of furan rings is 1. The van der Waals surface area contributed by atoms with Crippen LogP contribution in [0.5, 0.6) is 11.5 Å². The highest BCUT2D eigenvalue weighted by Crippen LogP contribution is 2.53. The van der Waals surface area contributed by atoms with Crippen molar-refractivity contribution in [3.63, 3.8) is 0 Å². The van der Waals surface area contributed by atoms with Crippen molar-refractivity contribution in [1.82, 2.24) is 0 Å². The van der Waals surface area contributed by atoms with Crippen molar-refractivity contribution < 1.29 is 9.15 Å². The Hall–Kier alpha value is -8.86. The summed E-state index contributed by atoms with van der Waals surface area (Å²) in [4.78, 5) is 4.70. The van der Waals surface area contributed by atoms with Gasteiger partial charge in [-0.15, -0.1) is 0 Å². The van der Waals surface area contributed by atoms with E-state index in [9.17, 15) is 0 Å². The van der Waals surface area contributed by atoms with Gasteiger partial charge in [-0.1, -0.05) is 164 Å². The molecule has 1 aliphatic heterocycles. The average Bonchev–Trinajstić information content (AvgIpc) is 3.77. The fraction of sp³-hybridized carbons (Fsp3) is 0. The Bertz CT molecular complexity index is 3800. The van der Waals surface area contributed by atoms with Gasteiger partial charge in [-0.2, -0.15) is 0 Å². The van der Waals surface area contributed by atoms with Crippen LogP contribution in [-0.2, 0) is 0 Å². The second-order valence-corrected chi connectivity index (χ2v) is 16.8. The molecule has 1 aliphatic rings. The Labute approximate surface area is 382 Å². The molecule has 0 amide bonds. The molecule has 13 rings (SSSR count). The third-order valence-corrected chi connectivity index (χ3v) is 13.0. The lowest BCUT2D eigenvalue weighted by molar-refractivity contribution is 0.487. The molecule has 0 saturated heterocycles. The summed E-state index contributed by atoms with van der Waals surface area (Å²) in [5.41, 5.74) is 14.7. The van der Waals surface area contributed by atoms with E-state index >= 15 is 0 Å². The first-order valence-electron chi connectivity index (χ1n) is 22.4. The van der Waals surface area contributed by atoms with E-state index in [0.29, 0.717) is 0 Å². The molecule has 4 nitrogen and oxygen atoms in total. The van der Waals surface area contributed by atoms with E-state index in [4.69, 9.17) is 9.15 Å². The standard InChI is InChI=1S/C62H40N2O2/c1-4-18-41(19-5-1)47-24-10-13-29-55(47)63(44-22-8-3-9-23-44)45-35-34-43-38-54-50-37-36-46(40-60(50)65-59-33-17-27-51(61(54)59)53(43)39-45)64(56-30-14-11-25-48(56)42-20-6-2-7-21-42)57-31-16-28-52-49-26-12-15-32-58(49)66-62(52)57/h1-40H. The van der Waals surface area contributed by atoms with Crippen LogP contribution in [0.2, 0.25) is 0 Å². The Kier molecular flexibility index (Phi) is 8.81. The van der Waals surface area contributed by atoms with Crippen molar-refractivity contribution in [1.29, 1.82) is 0 Å². The first kappa shape index (κ1) is 37.7. The smallest absolute Gasteiger partial charge is 0.159 e. The van der Waals surface area contributed by atoms with Crippen molar-refractivity contribution in [2.45, 2.75) is 0 Å². The maximum Gasteiger partial charge on any atom is 0.159 e. The van der Waals surface area contributed by atoms with Crippen LogP contribution >= 0.6 is 0 Å². The van der Waals surface area contributed by atoms with Crippen LogP contribution in [0.4, 0.5) is 34.1 Å². The van der Waals surface area contributed by atoms with Gasteiger partial charge in [-0.05, 0) is 106 Å². The number of rotatable bonds is 8. The summed E-state index contributed by atoms with van der Waals surface area (Å²) in [6, 6.07) is 86.1. The molecular weight excluding hydrogens is 805 g/mol. The predicted octanol–water partition coefficient (Wildman–Crippen LogP) is 17.9. The van der Waals surface area contributed by atoms with Gasteiger partial charge >= 0.3 is 0 Å². The lowest BCUT2D eigenvalue weighted by Gasteiger charge is -2.30. The predicted molar refractivity (Wildman–Crippen MR) is 274 cm³/mol. The maximum atomic E-state index is 7.03.